The first-order valence-corrected chi connectivity index (χ1v) is 10.3. The third kappa shape index (κ3) is 3.53. The average molecular weight is 365 g/mol. The largest absolute Gasteiger partial charge is 0.381 e. The van der Waals surface area contributed by atoms with E-state index in [2.05, 4.69) is 10.2 Å². The summed E-state index contributed by atoms with van der Waals surface area (Å²) in [6.45, 7) is 3.87. The summed E-state index contributed by atoms with van der Waals surface area (Å²) >= 11 is 0. The highest BCUT2D eigenvalue weighted by molar-refractivity contribution is 6.07. The highest BCUT2D eigenvalue weighted by atomic mass is 16.5. The SMILES string of the molecule is O=C(NC1CC1)c1cc(N2CCC(C3CCOCC3)C2)nc2ccccc12. The lowest BCUT2D eigenvalue weighted by atomic mass is 9.85. The molecule has 1 amide bonds. The highest BCUT2D eigenvalue weighted by Crippen LogP contribution is 2.34. The van der Waals surface area contributed by atoms with Gasteiger partial charge in [0.1, 0.15) is 5.82 Å². The van der Waals surface area contributed by atoms with Crippen molar-refractivity contribution in [3.8, 4) is 0 Å². The van der Waals surface area contributed by atoms with E-state index in [0.717, 1.165) is 67.3 Å². The zero-order valence-corrected chi connectivity index (χ0v) is 15.7. The molecule has 5 heteroatoms. The number of carbonyl (C=O) groups is 1. The molecule has 1 N–H and O–H groups in total. The number of anilines is 1. The van der Waals surface area contributed by atoms with E-state index >= 15 is 0 Å². The number of para-hydroxylation sites is 1. The number of ether oxygens (including phenoxy) is 1. The van der Waals surface area contributed by atoms with Gasteiger partial charge in [0.15, 0.2) is 0 Å². The number of amides is 1. The Bertz CT molecular complexity index is 843. The molecule has 1 unspecified atom stereocenters. The topological polar surface area (TPSA) is 54.5 Å². The molecule has 3 fully saturated rings. The second-order valence-corrected chi connectivity index (χ2v) is 8.24. The number of rotatable bonds is 4. The van der Waals surface area contributed by atoms with E-state index in [9.17, 15) is 4.79 Å². The first-order valence-electron chi connectivity index (χ1n) is 10.3. The number of benzene rings is 1. The molecule has 1 aromatic heterocycles. The number of aromatic nitrogens is 1. The van der Waals surface area contributed by atoms with Crippen LogP contribution in [0.4, 0.5) is 5.82 Å². The fourth-order valence-electron chi connectivity index (χ4n) is 4.57. The van der Waals surface area contributed by atoms with Gasteiger partial charge in [-0.25, -0.2) is 4.98 Å². The number of fused-ring (bicyclic) bond motifs is 1. The lowest BCUT2D eigenvalue weighted by molar-refractivity contribution is 0.0500. The van der Waals surface area contributed by atoms with Crippen LogP contribution in [0.5, 0.6) is 0 Å². The van der Waals surface area contributed by atoms with Crippen molar-refractivity contribution in [2.24, 2.45) is 11.8 Å². The minimum absolute atomic E-state index is 0.0394. The van der Waals surface area contributed by atoms with E-state index in [4.69, 9.17) is 9.72 Å². The molecule has 2 aliphatic heterocycles. The Balaban J connectivity index is 1.42. The Labute approximate surface area is 160 Å². The van der Waals surface area contributed by atoms with E-state index in [0.29, 0.717) is 12.0 Å². The normalized spacial score (nSPS) is 23.7. The third-order valence-corrected chi connectivity index (χ3v) is 6.34. The Hall–Kier alpha value is -2.14. The Morgan fingerprint density at radius 2 is 1.89 bits per heavy atom. The van der Waals surface area contributed by atoms with Crippen molar-refractivity contribution in [2.75, 3.05) is 31.2 Å². The summed E-state index contributed by atoms with van der Waals surface area (Å²) in [4.78, 5) is 20.1. The van der Waals surface area contributed by atoms with E-state index in [1.807, 2.05) is 30.3 Å². The van der Waals surface area contributed by atoms with Gasteiger partial charge in [-0.05, 0) is 56.1 Å². The molecular weight excluding hydrogens is 338 g/mol. The van der Waals surface area contributed by atoms with Gasteiger partial charge >= 0.3 is 0 Å². The Morgan fingerprint density at radius 3 is 2.70 bits per heavy atom. The maximum atomic E-state index is 12.8. The summed E-state index contributed by atoms with van der Waals surface area (Å²) in [5.41, 5.74) is 1.67. The molecule has 27 heavy (non-hydrogen) atoms. The molecular formula is C22H27N3O2. The quantitative estimate of drug-likeness (QED) is 0.902. The lowest BCUT2D eigenvalue weighted by Gasteiger charge is -2.27. The number of hydrogen-bond donors (Lipinski definition) is 1. The van der Waals surface area contributed by atoms with Crippen molar-refractivity contribution in [1.29, 1.82) is 0 Å². The number of nitrogens with zero attached hydrogens (tertiary/aromatic N) is 2. The van der Waals surface area contributed by atoms with Crippen molar-refractivity contribution < 1.29 is 9.53 Å². The smallest absolute Gasteiger partial charge is 0.252 e. The summed E-state index contributed by atoms with van der Waals surface area (Å²) in [5, 5.41) is 4.09. The molecule has 3 heterocycles. The molecule has 2 aromatic rings. The summed E-state index contributed by atoms with van der Waals surface area (Å²) < 4.78 is 5.53. The van der Waals surface area contributed by atoms with Crippen LogP contribution in [0.25, 0.3) is 10.9 Å². The van der Waals surface area contributed by atoms with Crippen LogP contribution in [-0.2, 0) is 4.74 Å². The maximum Gasteiger partial charge on any atom is 0.252 e. The maximum absolute atomic E-state index is 12.8. The van der Waals surface area contributed by atoms with Crippen molar-refractivity contribution in [3.05, 3.63) is 35.9 Å². The van der Waals surface area contributed by atoms with Gasteiger partial charge in [-0.2, -0.15) is 0 Å². The van der Waals surface area contributed by atoms with Crippen molar-refractivity contribution in [2.45, 2.75) is 38.1 Å². The number of carbonyl (C=O) groups excluding carboxylic acids is 1. The summed E-state index contributed by atoms with van der Waals surface area (Å²) in [6.07, 6.45) is 5.77. The third-order valence-electron chi connectivity index (χ3n) is 6.34. The van der Waals surface area contributed by atoms with Gasteiger partial charge in [-0.15, -0.1) is 0 Å². The summed E-state index contributed by atoms with van der Waals surface area (Å²) in [6, 6.07) is 10.4. The molecule has 1 atom stereocenters. The van der Waals surface area contributed by atoms with E-state index in [1.54, 1.807) is 0 Å². The van der Waals surface area contributed by atoms with Crippen LogP contribution in [0.1, 0.15) is 42.5 Å². The molecule has 1 saturated carbocycles. The lowest BCUT2D eigenvalue weighted by Crippen LogP contribution is -2.28. The molecule has 0 spiro atoms. The first-order chi connectivity index (χ1) is 13.3. The highest BCUT2D eigenvalue weighted by Gasteiger charge is 2.32. The van der Waals surface area contributed by atoms with Crippen LogP contribution in [0.15, 0.2) is 30.3 Å². The average Bonchev–Trinajstić information content (AvgIpc) is 3.39. The monoisotopic (exact) mass is 365 g/mol. The van der Waals surface area contributed by atoms with Crippen LogP contribution in [0, 0.1) is 11.8 Å². The molecule has 2 saturated heterocycles. The summed E-state index contributed by atoms with van der Waals surface area (Å²) in [7, 11) is 0. The number of pyridine rings is 1. The van der Waals surface area contributed by atoms with Gasteiger partial charge in [0.05, 0.1) is 11.1 Å². The zero-order chi connectivity index (χ0) is 18.2. The minimum atomic E-state index is 0.0394. The standard InChI is InChI=1S/C22H27N3O2/c26-22(23-17-5-6-17)19-13-21(24-20-4-2-1-3-18(19)20)25-10-7-16(14-25)15-8-11-27-12-9-15/h1-4,13,15-17H,5-12,14H2,(H,23,26). The van der Waals surface area contributed by atoms with Crippen LogP contribution in [0.2, 0.25) is 0 Å². The van der Waals surface area contributed by atoms with Gasteiger partial charge in [-0.3, -0.25) is 4.79 Å². The number of nitrogens with one attached hydrogen (secondary N) is 1. The Kier molecular flexibility index (Phi) is 4.48. The minimum Gasteiger partial charge on any atom is -0.381 e. The summed E-state index contributed by atoms with van der Waals surface area (Å²) in [5.74, 6) is 2.47. The fourth-order valence-corrected chi connectivity index (χ4v) is 4.57. The molecule has 3 aliphatic rings. The molecule has 1 aromatic carbocycles. The van der Waals surface area contributed by atoms with Crippen molar-refractivity contribution >= 4 is 22.6 Å². The fraction of sp³-hybridized carbons (Fsp3) is 0.545. The predicted octanol–water partition coefficient (Wildman–Crippen LogP) is 3.38. The van der Waals surface area contributed by atoms with Crippen molar-refractivity contribution in [1.82, 2.24) is 10.3 Å². The van der Waals surface area contributed by atoms with E-state index in [1.165, 1.54) is 19.3 Å². The zero-order valence-electron chi connectivity index (χ0n) is 15.7. The van der Waals surface area contributed by atoms with E-state index in [-0.39, 0.29) is 5.91 Å². The van der Waals surface area contributed by atoms with Gasteiger partial charge in [0.25, 0.3) is 5.91 Å². The van der Waals surface area contributed by atoms with Crippen LogP contribution >= 0.6 is 0 Å². The molecule has 0 bridgehead atoms. The first kappa shape index (κ1) is 17.0. The number of hydrogen-bond acceptors (Lipinski definition) is 4. The second kappa shape index (κ2) is 7.12. The van der Waals surface area contributed by atoms with Crippen LogP contribution < -0.4 is 10.2 Å². The Morgan fingerprint density at radius 1 is 1.07 bits per heavy atom. The molecule has 1 aliphatic carbocycles. The van der Waals surface area contributed by atoms with Gasteiger partial charge in [0, 0.05) is 37.7 Å². The van der Waals surface area contributed by atoms with Crippen molar-refractivity contribution in [3.63, 3.8) is 0 Å². The van der Waals surface area contributed by atoms with E-state index < -0.39 is 0 Å². The van der Waals surface area contributed by atoms with Gasteiger partial charge in [0.2, 0.25) is 0 Å². The molecule has 5 rings (SSSR count). The second-order valence-electron chi connectivity index (χ2n) is 8.24. The molecule has 142 valence electrons. The van der Waals surface area contributed by atoms with Gasteiger partial charge < -0.3 is 15.0 Å². The predicted molar refractivity (Wildman–Crippen MR) is 106 cm³/mol. The van der Waals surface area contributed by atoms with Crippen LogP contribution in [0.3, 0.4) is 0 Å². The molecule has 0 radical (unpaired) electrons. The van der Waals surface area contributed by atoms with Gasteiger partial charge in [-0.1, -0.05) is 18.2 Å². The van der Waals surface area contributed by atoms with Crippen LogP contribution in [-0.4, -0.2) is 43.2 Å². The molecule has 5 nitrogen and oxygen atoms in total.